The normalized spacial score (nSPS) is 30.4. The van der Waals surface area contributed by atoms with Crippen molar-refractivity contribution in [2.45, 2.75) is 32.2 Å². The van der Waals surface area contributed by atoms with E-state index in [1.807, 2.05) is 13.8 Å². The first-order chi connectivity index (χ1) is 6.57. The molecule has 76 valence electrons. The van der Waals surface area contributed by atoms with Gasteiger partial charge in [0.2, 0.25) is 0 Å². The second-order valence-corrected chi connectivity index (χ2v) is 4.04. The fraction of sp³-hybridized carbons (Fsp3) is 0.500. The molecule has 1 aliphatic rings. The third kappa shape index (κ3) is 1.32. The van der Waals surface area contributed by atoms with E-state index in [2.05, 4.69) is 4.98 Å². The highest BCUT2D eigenvalue weighted by molar-refractivity contribution is 6.29. The highest BCUT2D eigenvalue weighted by Gasteiger charge is 2.39. The molecule has 0 amide bonds. The SMILES string of the molecule is CCC1(C)OC(O)c2cnc(Cl)cc21. The quantitative estimate of drug-likeness (QED) is 0.729. The molecule has 2 rings (SSSR count). The van der Waals surface area contributed by atoms with Crippen LogP contribution in [-0.4, -0.2) is 10.1 Å². The molecule has 1 aromatic heterocycles. The Morgan fingerprint density at radius 3 is 3.07 bits per heavy atom. The van der Waals surface area contributed by atoms with Gasteiger partial charge in [0.25, 0.3) is 0 Å². The van der Waals surface area contributed by atoms with Gasteiger partial charge in [-0.15, -0.1) is 0 Å². The van der Waals surface area contributed by atoms with Crippen molar-refractivity contribution in [2.75, 3.05) is 0 Å². The average molecular weight is 214 g/mol. The van der Waals surface area contributed by atoms with Crippen molar-refractivity contribution < 1.29 is 9.84 Å². The van der Waals surface area contributed by atoms with Crippen molar-refractivity contribution in [2.24, 2.45) is 0 Å². The molecule has 0 aromatic carbocycles. The van der Waals surface area contributed by atoms with E-state index in [1.54, 1.807) is 12.3 Å². The maximum atomic E-state index is 9.63. The lowest BCUT2D eigenvalue weighted by molar-refractivity contribution is -0.166. The van der Waals surface area contributed by atoms with Gasteiger partial charge in [-0.3, -0.25) is 0 Å². The molecule has 0 bridgehead atoms. The summed E-state index contributed by atoms with van der Waals surface area (Å²) in [5.74, 6) is 0. The van der Waals surface area contributed by atoms with E-state index in [-0.39, 0.29) is 0 Å². The molecule has 0 saturated carbocycles. The summed E-state index contributed by atoms with van der Waals surface area (Å²) in [7, 11) is 0. The largest absolute Gasteiger partial charge is 0.364 e. The first-order valence-corrected chi connectivity index (χ1v) is 4.96. The fourth-order valence-electron chi connectivity index (χ4n) is 1.74. The van der Waals surface area contributed by atoms with Gasteiger partial charge in [-0.05, 0) is 25.0 Å². The Labute approximate surface area is 87.7 Å². The third-order valence-electron chi connectivity index (χ3n) is 2.78. The highest BCUT2D eigenvalue weighted by Crippen LogP contribution is 2.44. The molecule has 2 atom stereocenters. The molecule has 0 fully saturated rings. The number of pyridine rings is 1. The minimum atomic E-state index is -0.875. The van der Waals surface area contributed by atoms with E-state index in [1.165, 1.54) is 0 Å². The standard InChI is InChI=1S/C10H12ClNO2/c1-3-10(2)7-4-8(11)12-5-6(7)9(13)14-10/h4-5,9,13H,3H2,1-2H3. The summed E-state index contributed by atoms with van der Waals surface area (Å²) in [6.45, 7) is 3.95. The van der Waals surface area contributed by atoms with Gasteiger partial charge in [-0.1, -0.05) is 18.5 Å². The molecular formula is C10H12ClNO2. The molecule has 1 N–H and O–H groups in total. The zero-order chi connectivity index (χ0) is 10.3. The Morgan fingerprint density at radius 2 is 2.43 bits per heavy atom. The molecule has 14 heavy (non-hydrogen) atoms. The summed E-state index contributed by atoms with van der Waals surface area (Å²) < 4.78 is 5.48. The van der Waals surface area contributed by atoms with Gasteiger partial charge in [0.15, 0.2) is 6.29 Å². The minimum absolute atomic E-state index is 0.432. The van der Waals surface area contributed by atoms with Crippen LogP contribution in [0.2, 0.25) is 5.15 Å². The fourth-order valence-corrected chi connectivity index (χ4v) is 1.90. The Balaban J connectivity index is 2.56. The number of hydrogen-bond donors (Lipinski definition) is 1. The van der Waals surface area contributed by atoms with Crippen LogP contribution in [0.15, 0.2) is 12.3 Å². The van der Waals surface area contributed by atoms with Crippen LogP contribution >= 0.6 is 11.6 Å². The Kier molecular flexibility index (Phi) is 2.26. The Morgan fingerprint density at radius 1 is 1.71 bits per heavy atom. The number of rotatable bonds is 1. The van der Waals surface area contributed by atoms with Crippen LogP contribution in [0, 0.1) is 0 Å². The van der Waals surface area contributed by atoms with E-state index in [9.17, 15) is 5.11 Å². The van der Waals surface area contributed by atoms with Gasteiger partial charge >= 0.3 is 0 Å². The molecule has 0 aliphatic carbocycles. The van der Waals surface area contributed by atoms with Crippen molar-refractivity contribution in [3.05, 3.63) is 28.5 Å². The van der Waals surface area contributed by atoms with Gasteiger partial charge in [0.1, 0.15) is 5.15 Å². The molecule has 2 heterocycles. The number of halogens is 1. The molecule has 1 aliphatic heterocycles. The van der Waals surface area contributed by atoms with Gasteiger partial charge < -0.3 is 9.84 Å². The van der Waals surface area contributed by atoms with E-state index < -0.39 is 11.9 Å². The second-order valence-electron chi connectivity index (χ2n) is 3.65. The van der Waals surface area contributed by atoms with E-state index in [0.29, 0.717) is 5.15 Å². The molecule has 1 aromatic rings. The zero-order valence-corrected chi connectivity index (χ0v) is 8.88. The van der Waals surface area contributed by atoms with Crippen molar-refractivity contribution in [3.8, 4) is 0 Å². The van der Waals surface area contributed by atoms with Crippen molar-refractivity contribution in [1.29, 1.82) is 0 Å². The lowest BCUT2D eigenvalue weighted by atomic mass is 9.93. The van der Waals surface area contributed by atoms with Crippen LogP contribution in [0.1, 0.15) is 37.7 Å². The monoisotopic (exact) mass is 213 g/mol. The number of nitrogens with zero attached hydrogens (tertiary/aromatic N) is 1. The number of aliphatic hydroxyl groups is 1. The lowest BCUT2D eigenvalue weighted by Gasteiger charge is -2.22. The molecule has 4 heteroatoms. The molecule has 0 saturated heterocycles. The van der Waals surface area contributed by atoms with Crippen LogP contribution < -0.4 is 0 Å². The second kappa shape index (κ2) is 3.19. The molecule has 0 radical (unpaired) electrons. The molecular weight excluding hydrogens is 202 g/mol. The first-order valence-electron chi connectivity index (χ1n) is 4.58. The number of aromatic nitrogens is 1. The highest BCUT2D eigenvalue weighted by atomic mass is 35.5. The minimum Gasteiger partial charge on any atom is -0.364 e. The van der Waals surface area contributed by atoms with Crippen LogP contribution in [0.4, 0.5) is 0 Å². The van der Waals surface area contributed by atoms with Crippen LogP contribution in [-0.2, 0) is 10.3 Å². The summed E-state index contributed by atoms with van der Waals surface area (Å²) >= 11 is 5.81. The number of aliphatic hydroxyl groups excluding tert-OH is 1. The van der Waals surface area contributed by atoms with Crippen molar-refractivity contribution in [1.82, 2.24) is 4.98 Å². The van der Waals surface area contributed by atoms with Crippen LogP contribution in [0.5, 0.6) is 0 Å². The smallest absolute Gasteiger partial charge is 0.184 e. The van der Waals surface area contributed by atoms with Crippen LogP contribution in [0.25, 0.3) is 0 Å². The Bertz CT molecular complexity index is 369. The Hall–Kier alpha value is -0.640. The molecule has 2 unspecified atom stereocenters. The molecule has 0 spiro atoms. The van der Waals surface area contributed by atoms with Crippen LogP contribution in [0.3, 0.4) is 0 Å². The third-order valence-corrected chi connectivity index (χ3v) is 2.99. The summed E-state index contributed by atoms with van der Waals surface area (Å²) in [5.41, 5.74) is 1.22. The maximum absolute atomic E-state index is 9.63. The lowest BCUT2D eigenvalue weighted by Crippen LogP contribution is -2.19. The van der Waals surface area contributed by atoms with Crippen molar-refractivity contribution >= 4 is 11.6 Å². The predicted octanol–water partition coefficient (Wildman–Crippen LogP) is 2.38. The first kappa shape index (κ1) is 9.90. The van der Waals surface area contributed by atoms with Crippen molar-refractivity contribution in [3.63, 3.8) is 0 Å². The predicted molar refractivity (Wildman–Crippen MR) is 52.9 cm³/mol. The summed E-state index contributed by atoms with van der Waals surface area (Å²) in [6, 6.07) is 1.76. The van der Waals surface area contributed by atoms with Gasteiger partial charge in [0, 0.05) is 11.8 Å². The summed E-state index contributed by atoms with van der Waals surface area (Å²) in [6.07, 6.45) is 1.49. The average Bonchev–Trinajstić information content (AvgIpc) is 2.40. The van der Waals surface area contributed by atoms with E-state index in [0.717, 1.165) is 17.5 Å². The molecule has 3 nitrogen and oxygen atoms in total. The van der Waals surface area contributed by atoms with Gasteiger partial charge in [-0.25, -0.2) is 4.98 Å². The number of hydrogen-bond acceptors (Lipinski definition) is 3. The van der Waals surface area contributed by atoms with E-state index in [4.69, 9.17) is 16.3 Å². The summed E-state index contributed by atoms with van der Waals surface area (Å²) in [4.78, 5) is 3.93. The topological polar surface area (TPSA) is 42.4 Å². The number of ether oxygens (including phenoxy) is 1. The summed E-state index contributed by atoms with van der Waals surface area (Å²) in [5, 5.41) is 10.1. The van der Waals surface area contributed by atoms with Gasteiger partial charge in [-0.2, -0.15) is 0 Å². The number of fused-ring (bicyclic) bond motifs is 1. The van der Waals surface area contributed by atoms with E-state index >= 15 is 0 Å². The maximum Gasteiger partial charge on any atom is 0.184 e. The zero-order valence-electron chi connectivity index (χ0n) is 8.12. The van der Waals surface area contributed by atoms with Gasteiger partial charge in [0.05, 0.1) is 5.60 Å².